The fourth-order valence-corrected chi connectivity index (χ4v) is 3.07. The number of nitrogens with one attached hydrogen (secondary N) is 2. The van der Waals surface area contributed by atoms with E-state index in [0.29, 0.717) is 6.42 Å². The van der Waals surface area contributed by atoms with Crippen LogP contribution in [-0.2, 0) is 14.9 Å². The molecule has 1 fully saturated rings. The van der Waals surface area contributed by atoms with Gasteiger partial charge >= 0.3 is 5.97 Å². The van der Waals surface area contributed by atoms with Crippen LogP contribution in [-0.4, -0.2) is 39.2 Å². The molecular formula is C20H31FIN3O2. The van der Waals surface area contributed by atoms with E-state index in [-0.39, 0.29) is 41.2 Å². The first-order chi connectivity index (χ1) is 12.6. The van der Waals surface area contributed by atoms with Crippen molar-refractivity contribution in [1.29, 1.82) is 0 Å². The molecule has 27 heavy (non-hydrogen) atoms. The van der Waals surface area contributed by atoms with Crippen LogP contribution >= 0.6 is 24.0 Å². The van der Waals surface area contributed by atoms with Crippen LogP contribution in [0.5, 0.6) is 0 Å². The number of esters is 1. The summed E-state index contributed by atoms with van der Waals surface area (Å²) in [6, 6.07) is 6.90. The fourth-order valence-electron chi connectivity index (χ4n) is 3.07. The molecule has 1 aromatic carbocycles. The zero-order valence-electron chi connectivity index (χ0n) is 16.2. The molecule has 2 rings (SSSR count). The highest BCUT2D eigenvalue weighted by atomic mass is 127. The zero-order chi connectivity index (χ0) is 18.8. The molecule has 1 aliphatic rings. The maximum atomic E-state index is 13.5. The van der Waals surface area contributed by atoms with Gasteiger partial charge in [0.25, 0.3) is 0 Å². The lowest BCUT2D eigenvalue weighted by atomic mass is 9.96. The number of aliphatic imine (C=N–C) groups is 1. The maximum Gasteiger partial charge on any atom is 0.305 e. The van der Waals surface area contributed by atoms with E-state index in [1.165, 1.54) is 13.2 Å². The molecule has 0 saturated heterocycles. The summed E-state index contributed by atoms with van der Waals surface area (Å²) in [7, 11) is 3.18. The molecule has 0 aliphatic heterocycles. The average Bonchev–Trinajstić information content (AvgIpc) is 3.44. The predicted molar refractivity (Wildman–Crippen MR) is 117 cm³/mol. The Morgan fingerprint density at radius 2 is 1.96 bits per heavy atom. The number of hydrogen-bond acceptors (Lipinski definition) is 3. The van der Waals surface area contributed by atoms with E-state index in [9.17, 15) is 9.18 Å². The highest BCUT2D eigenvalue weighted by Gasteiger charge is 2.44. The number of unbranched alkanes of at least 4 members (excludes halogenated alkanes) is 3. The Labute approximate surface area is 178 Å². The summed E-state index contributed by atoms with van der Waals surface area (Å²) >= 11 is 0. The second kappa shape index (κ2) is 12.2. The monoisotopic (exact) mass is 491 g/mol. The SMILES string of the molecule is CN=C(NCCCCCCC(=O)OC)NCC1(c2cccc(F)c2)CC1.I. The molecule has 0 radical (unpaired) electrons. The van der Waals surface area contributed by atoms with Gasteiger partial charge in [0.15, 0.2) is 5.96 Å². The van der Waals surface area contributed by atoms with E-state index in [4.69, 9.17) is 0 Å². The number of hydrogen-bond donors (Lipinski definition) is 2. The molecule has 1 aromatic rings. The molecule has 2 N–H and O–H groups in total. The summed E-state index contributed by atoms with van der Waals surface area (Å²) in [6.07, 6.45) is 6.61. The lowest BCUT2D eigenvalue weighted by Gasteiger charge is -2.19. The quantitative estimate of drug-likeness (QED) is 0.172. The topological polar surface area (TPSA) is 62.7 Å². The minimum Gasteiger partial charge on any atom is -0.469 e. The van der Waals surface area contributed by atoms with E-state index in [1.807, 2.05) is 6.07 Å². The van der Waals surface area contributed by atoms with Crippen LogP contribution in [0.3, 0.4) is 0 Å². The van der Waals surface area contributed by atoms with Gasteiger partial charge < -0.3 is 15.4 Å². The van der Waals surface area contributed by atoms with Crippen LogP contribution in [0.4, 0.5) is 4.39 Å². The number of carbonyl (C=O) groups excluding carboxylic acids is 1. The second-order valence-corrected chi connectivity index (χ2v) is 6.88. The smallest absolute Gasteiger partial charge is 0.305 e. The normalized spacial score (nSPS) is 14.9. The first kappa shape index (κ1) is 23.7. The van der Waals surface area contributed by atoms with Crippen molar-refractivity contribution >= 4 is 35.9 Å². The second-order valence-electron chi connectivity index (χ2n) is 6.88. The van der Waals surface area contributed by atoms with E-state index in [2.05, 4.69) is 20.4 Å². The minimum atomic E-state index is -0.177. The number of halogens is 2. The Kier molecular flexibility index (Phi) is 10.6. The van der Waals surface area contributed by atoms with Crippen molar-refractivity contribution in [2.75, 3.05) is 27.2 Å². The predicted octanol–water partition coefficient (Wildman–Crippen LogP) is 3.76. The Morgan fingerprint density at radius 3 is 2.59 bits per heavy atom. The highest BCUT2D eigenvalue weighted by molar-refractivity contribution is 14.0. The Morgan fingerprint density at radius 1 is 1.22 bits per heavy atom. The van der Waals surface area contributed by atoms with Gasteiger partial charge in [-0.1, -0.05) is 25.0 Å². The van der Waals surface area contributed by atoms with Crippen molar-refractivity contribution in [2.24, 2.45) is 4.99 Å². The summed E-state index contributed by atoms with van der Waals surface area (Å²) in [5, 5.41) is 6.69. The Hall–Kier alpha value is -1.38. The molecule has 0 aromatic heterocycles. The molecule has 0 amide bonds. The molecule has 0 bridgehead atoms. The van der Waals surface area contributed by atoms with Crippen molar-refractivity contribution in [2.45, 2.75) is 50.4 Å². The van der Waals surface area contributed by atoms with Crippen LogP contribution in [0.15, 0.2) is 29.3 Å². The maximum absolute atomic E-state index is 13.5. The van der Waals surface area contributed by atoms with E-state index in [0.717, 1.165) is 63.1 Å². The van der Waals surface area contributed by atoms with Gasteiger partial charge in [0, 0.05) is 32.0 Å². The van der Waals surface area contributed by atoms with Crippen LogP contribution < -0.4 is 10.6 Å². The zero-order valence-corrected chi connectivity index (χ0v) is 18.6. The number of guanidine groups is 1. The number of nitrogens with zero attached hydrogens (tertiary/aromatic N) is 1. The first-order valence-electron chi connectivity index (χ1n) is 9.37. The van der Waals surface area contributed by atoms with E-state index >= 15 is 0 Å². The van der Waals surface area contributed by atoms with Gasteiger partial charge in [-0.2, -0.15) is 0 Å². The molecule has 1 saturated carbocycles. The van der Waals surface area contributed by atoms with E-state index < -0.39 is 0 Å². The molecule has 0 atom stereocenters. The van der Waals surface area contributed by atoms with Gasteiger partial charge in [-0.25, -0.2) is 4.39 Å². The number of carbonyl (C=O) groups is 1. The molecule has 0 heterocycles. The van der Waals surface area contributed by atoms with Crippen molar-refractivity contribution in [3.05, 3.63) is 35.6 Å². The lowest BCUT2D eigenvalue weighted by molar-refractivity contribution is -0.140. The summed E-state index contributed by atoms with van der Waals surface area (Å²) in [4.78, 5) is 15.3. The number of benzene rings is 1. The van der Waals surface area contributed by atoms with Gasteiger partial charge in [-0.3, -0.25) is 9.79 Å². The standard InChI is InChI=1S/C20H30FN3O2.HI/c1-22-19(23-13-6-4-3-5-10-18(25)26-2)24-15-20(11-12-20)16-8-7-9-17(21)14-16;/h7-9,14H,3-6,10-13,15H2,1-2H3,(H2,22,23,24);1H. The largest absolute Gasteiger partial charge is 0.469 e. The Balaban J connectivity index is 0.00000364. The van der Waals surface area contributed by atoms with Crippen LogP contribution in [0, 0.1) is 5.82 Å². The van der Waals surface area contributed by atoms with Gasteiger partial charge in [-0.05, 0) is 43.4 Å². The highest BCUT2D eigenvalue weighted by Crippen LogP contribution is 2.47. The van der Waals surface area contributed by atoms with E-state index in [1.54, 1.807) is 19.2 Å². The van der Waals surface area contributed by atoms with Gasteiger partial charge in [0.05, 0.1) is 7.11 Å². The summed E-state index contributed by atoms with van der Waals surface area (Å²) in [6.45, 7) is 1.60. The van der Waals surface area contributed by atoms with Gasteiger partial charge in [0.1, 0.15) is 5.82 Å². The molecule has 0 spiro atoms. The van der Waals surface area contributed by atoms with Gasteiger partial charge in [-0.15, -0.1) is 24.0 Å². The molecule has 5 nitrogen and oxygen atoms in total. The van der Waals surface area contributed by atoms with Crippen molar-refractivity contribution in [3.63, 3.8) is 0 Å². The summed E-state index contributed by atoms with van der Waals surface area (Å²) in [5.41, 5.74) is 1.10. The number of rotatable bonds is 10. The van der Waals surface area contributed by atoms with Gasteiger partial charge in [0.2, 0.25) is 0 Å². The van der Waals surface area contributed by atoms with Crippen LogP contribution in [0.1, 0.15) is 50.5 Å². The third kappa shape index (κ3) is 8.02. The number of ether oxygens (including phenoxy) is 1. The fraction of sp³-hybridized carbons (Fsp3) is 0.600. The van der Waals surface area contributed by atoms with Crippen molar-refractivity contribution < 1.29 is 13.9 Å². The minimum absolute atomic E-state index is 0. The van der Waals surface area contributed by atoms with Crippen LogP contribution in [0.2, 0.25) is 0 Å². The third-order valence-electron chi connectivity index (χ3n) is 4.94. The molecule has 0 unspecified atom stereocenters. The Bertz CT molecular complexity index is 621. The first-order valence-corrected chi connectivity index (χ1v) is 9.37. The average molecular weight is 491 g/mol. The number of methoxy groups -OCH3 is 1. The molecule has 152 valence electrons. The molecule has 7 heteroatoms. The molecular weight excluding hydrogens is 460 g/mol. The lowest BCUT2D eigenvalue weighted by Crippen LogP contribution is -2.41. The third-order valence-corrected chi connectivity index (χ3v) is 4.94. The summed E-state index contributed by atoms with van der Waals surface area (Å²) in [5.74, 6) is 0.464. The van der Waals surface area contributed by atoms with Crippen molar-refractivity contribution in [1.82, 2.24) is 10.6 Å². The van der Waals surface area contributed by atoms with Crippen LogP contribution in [0.25, 0.3) is 0 Å². The summed E-state index contributed by atoms with van der Waals surface area (Å²) < 4.78 is 18.1. The molecule has 1 aliphatic carbocycles. The van der Waals surface area contributed by atoms with Crippen molar-refractivity contribution in [3.8, 4) is 0 Å².